The standard InChI is InChI=1S/C16H20N2O3/c19-10-2-4-13-7-8-15(17-12-13)16(21)18(9-3-11-20)14-5-1-6-14/h7-8,12,14,19-20H,1,3,5-6,9-11H2. The molecule has 1 aliphatic carbocycles. The monoisotopic (exact) mass is 288 g/mol. The van der Waals surface area contributed by atoms with E-state index in [1.165, 1.54) is 0 Å². The SMILES string of the molecule is O=C(c1ccc(C#CCO)cn1)N(CCCO)C1CCC1. The Bertz CT molecular complexity index is 527. The van der Waals surface area contributed by atoms with E-state index < -0.39 is 0 Å². The summed E-state index contributed by atoms with van der Waals surface area (Å²) in [5.74, 6) is 5.20. The van der Waals surface area contributed by atoms with Crippen LogP contribution in [0.15, 0.2) is 18.3 Å². The number of hydrogen-bond donors (Lipinski definition) is 2. The first-order chi connectivity index (χ1) is 10.3. The topological polar surface area (TPSA) is 73.7 Å². The predicted molar refractivity (Wildman–Crippen MR) is 78.6 cm³/mol. The summed E-state index contributed by atoms with van der Waals surface area (Å²) in [6.45, 7) is 0.449. The highest BCUT2D eigenvalue weighted by Gasteiger charge is 2.29. The first-order valence-electron chi connectivity index (χ1n) is 7.24. The van der Waals surface area contributed by atoms with Crippen LogP contribution in [0.4, 0.5) is 0 Å². The van der Waals surface area contributed by atoms with Crippen LogP contribution >= 0.6 is 0 Å². The minimum absolute atomic E-state index is 0.0830. The number of nitrogens with zero attached hydrogens (tertiary/aromatic N) is 2. The van der Waals surface area contributed by atoms with Crippen molar-refractivity contribution in [1.82, 2.24) is 9.88 Å². The van der Waals surface area contributed by atoms with Crippen molar-refractivity contribution in [2.45, 2.75) is 31.7 Å². The van der Waals surface area contributed by atoms with Gasteiger partial charge >= 0.3 is 0 Å². The normalized spacial score (nSPS) is 14.0. The highest BCUT2D eigenvalue weighted by atomic mass is 16.3. The Morgan fingerprint density at radius 3 is 2.71 bits per heavy atom. The smallest absolute Gasteiger partial charge is 0.272 e. The molecule has 2 rings (SSSR count). The maximum Gasteiger partial charge on any atom is 0.272 e. The molecule has 21 heavy (non-hydrogen) atoms. The second kappa shape index (κ2) is 7.77. The number of carbonyl (C=O) groups excluding carboxylic acids is 1. The van der Waals surface area contributed by atoms with Crippen LogP contribution in [-0.4, -0.2) is 51.8 Å². The van der Waals surface area contributed by atoms with Crippen molar-refractivity contribution < 1.29 is 15.0 Å². The molecule has 1 heterocycles. The third-order valence-corrected chi connectivity index (χ3v) is 3.63. The van der Waals surface area contributed by atoms with Gasteiger partial charge in [0.15, 0.2) is 0 Å². The van der Waals surface area contributed by atoms with E-state index >= 15 is 0 Å². The molecule has 0 bridgehead atoms. The lowest BCUT2D eigenvalue weighted by Gasteiger charge is -2.37. The number of aliphatic hydroxyl groups is 2. The maximum absolute atomic E-state index is 12.5. The van der Waals surface area contributed by atoms with E-state index in [-0.39, 0.29) is 25.2 Å². The number of pyridine rings is 1. The molecule has 112 valence electrons. The zero-order valence-electron chi connectivity index (χ0n) is 12.0. The highest BCUT2D eigenvalue weighted by Crippen LogP contribution is 2.26. The van der Waals surface area contributed by atoms with Crippen molar-refractivity contribution in [3.05, 3.63) is 29.6 Å². The number of carbonyl (C=O) groups is 1. The van der Waals surface area contributed by atoms with Crippen molar-refractivity contribution in [3.8, 4) is 11.8 Å². The van der Waals surface area contributed by atoms with E-state index in [1.54, 1.807) is 18.3 Å². The van der Waals surface area contributed by atoms with Crippen LogP contribution in [0.3, 0.4) is 0 Å². The molecule has 1 fully saturated rings. The van der Waals surface area contributed by atoms with Gasteiger partial charge in [-0.2, -0.15) is 0 Å². The van der Waals surface area contributed by atoms with Crippen molar-refractivity contribution >= 4 is 5.91 Å². The van der Waals surface area contributed by atoms with Gasteiger partial charge in [0, 0.05) is 31.0 Å². The fourth-order valence-electron chi connectivity index (χ4n) is 2.27. The summed E-state index contributed by atoms with van der Waals surface area (Å²) < 4.78 is 0. The zero-order chi connectivity index (χ0) is 15.1. The summed E-state index contributed by atoms with van der Waals surface area (Å²) in [6.07, 6.45) is 5.33. The lowest BCUT2D eigenvalue weighted by atomic mass is 9.91. The molecule has 0 spiro atoms. The minimum atomic E-state index is -0.197. The summed E-state index contributed by atoms with van der Waals surface area (Å²) >= 11 is 0. The van der Waals surface area contributed by atoms with Gasteiger partial charge in [0.25, 0.3) is 5.91 Å². The Labute approximate surface area is 124 Å². The first kappa shape index (κ1) is 15.5. The number of rotatable bonds is 5. The van der Waals surface area contributed by atoms with E-state index in [0.29, 0.717) is 24.2 Å². The number of amides is 1. The zero-order valence-corrected chi connectivity index (χ0v) is 12.0. The van der Waals surface area contributed by atoms with Crippen molar-refractivity contribution in [3.63, 3.8) is 0 Å². The molecule has 0 radical (unpaired) electrons. The first-order valence-corrected chi connectivity index (χ1v) is 7.24. The second-order valence-electron chi connectivity index (χ2n) is 5.05. The molecule has 1 amide bonds. The Kier molecular flexibility index (Phi) is 5.73. The quantitative estimate of drug-likeness (QED) is 0.786. The average molecular weight is 288 g/mol. The highest BCUT2D eigenvalue weighted by molar-refractivity contribution is 5.92. The Hall–Kier alpha value is -1.90. The largest absolute Gasteiger partial charge is 0.396 e. The second-order valence-corrected chi connectivity index (χ2v) is 5.05. The van der Waals surface area contributed by atoms with Crippen LogP contribution in [0.25, 0.3) is 0 Å². The van der Waals surface area contributed by atoms with Crippen LogP contribution in [0.5, 0.6) is 0 Å². The van der Waals surface area contributed by atoms with E-state index in [4.69, 9.17) is 10.2 Å². The van der Waals surface area contributed by atoms with Gasteiger partial charge < -0.3 is 15.1 Å². The third kappa shape index (κ3) is 4.03. The molecule has 5 heteroatoms. The molecule has 5 nitrogen and oxygen atoms in total. The molecule has 1 saturated carbocycles. The maximum atomic E-state index is 12.5. The van der Waals surface area contributed by atoms with Crippen LogP contribution in [-0.2, 0) is 0 Å². The predicted octanol–water partition coefficient (Wildman–Crippen LogP) is 0.802. The van der Waals surface area contributed by atoms with Crippen molar-refractivity contribution in [2.24, 2.45) is 0 Å². The van der Waals surface area contributed by atoms with Crippen molar-refractivity contribution in [2.75, 3.05) is 19.8 Å². The number of aromatic nitrogens is 1. The van der Waals surface area contributed by atoms with E-state index in [0.717, 1.165) is 19.3 Å². The van der Waals surface area contributed by atoms with Gasteiger partial charge in [-0.25, -0.2) is 4.98 Å². The lowest BCUT2D eigenvalue weighted by molar-refractivity contribution is 0.0556. The summed E-state index contributed by atoms with van der Waals surface area (Å²) in [4.78, 5) is 18.5. The Morgan fingerprint density at radius 2 is 2.19 bits per heavy atom. The molecule has 0 aliphatic heterocycles. The van der Waals surface area contributed by atoms with Crippen LogP contribution in [0.2, 0.25) is 0 Å². The molecule has 1 aromatic rings. The van der Waals surface area contributed by atoms with E-state index in [1.807, 2.05) is 4.90 Å². The van der Waals surface area contributed by atoms with Gasteiger partial charge in [-0.15, -0.1) is 0 Å². The molecule has 0 saturated heterocycles. The van der Waals surface area contributed by atoms with Crippen LogP contribution in [0, 0.1) is 11.8 Å². The van der Waals surface area contributed by atoms with Gasteiger partial charge in [-0.3, -0.25) is 4.79 Å². The summed E-state index contributed by atoms with van der Waals surface area (Å²) in [5, 5.41) is 17.6. The Morgan fingerprint density at radius 1 is 1.38 bits per heavy atom. The summed E-state index contributed by atoms with van der Waals surface area (Å²) in [5.41, 5.74) is 1.07. The summed E-state index contributed by atoms with van der Waals surface area (Å²) in [6, 6.07) is 3.67. The number of hydrogen-bond acceptors (Lipinski definition) is 4. The van der Waals surface area contributed by atoms with Gasteiger partial charge in [0.2, 0.25) is 0 Å². The van der Waals surface area contributed by atoms with E-state index in [2.05, 4.69) is 16.8 Å². The van der Waals surface area contributed by atoms with Gasteiger partial charge in [0.1, 0.15) is 12.3 Å². The molecule has 1 aromatic heterocycles. The van der Waals surface area contributed by atoms with Crippen LogP contribution < -0.4 is 0 Å². The van der Waals surface area contributed by atoms with Gasteiger partial charge in [0.05, 0.1) is 0 Å². The average Bonchev–Trinajstić information content (AvgIpc) is 2.47. The fraction of sp³-hybridized carbons (Fsp3) is 0.500. The number of aliphatic hydroxyl groups excluding tert-OH is 2. The van der Waals surface area contributed by atoms with Crippen molar-refractivity contribution in [1.29, 1.82) is 0 Å². The molecule has 1 aliphatic rings. The molecule has 0 atom stereocenters. The van der Waals surface area contributed by atoms with E-state index in [9.17, 15) is 4.79 Å². The fourth-order valence-corrected chi connectivity index (χ4v) is 2.27. The lowest BCUT2D eigenvalue weighted by Crippen LogP contribution is -2.45. The summed E-state index contributed by atoms with van der Waals surface area (Å²) in [7, 11) is 0. The van der Waals surface area contributed by atoms with Gasteiger partial charge in [-0.1, -0.05) is 11.8 Å². The molecular weight excluding hydrogens is 268 g/mol. The molecule has 0 aromatic carbocycles. The molecular formula is C16H20N2O3. The van der Waals surface area contributed by atoms with Crippen LogP contribution in [0.1, 0.15) is 41.7 Å². The molecule has 2 N–H and O–H groups in total. The third-order valence-electron chi connectivity index (χ3n) is 3.63. The molecule has 0 unspecified atom stereocenters. The Balaban J connectivity index is 2.08. The minimum Gasteiger partial charge on any atom is -0.396 e. The van der Waals surface area contributed by atoms with Gasteiger partial charge in [-0.05, 0) is 37.8 Å².